The van der Waals surface area contributed by atoms with E-state index in [1.54, 1.807) is 30.1 Å². The fourth-order valence-corrected chi connectivity index (χ4v) is 2.78. The van der Waals surface area contributed by atoms with Gasteiger partial charge in [-0.1, -0.05) is 12.1 Å². The van der Waals surface area contributed by atoms with Crippen LogP contribution < -0.4 is 4.74 Å². The summed E-state index contributed by atoms with van der Waals surface area (Å²) in [7, 11) is 1.82. The van der Waals surface area contributed by atoms with Crippen LogP contribution in [0.15, 0.2) is 30.6 Å². The van der Waals surface area contributed by atoms with E-state index in [0.717, 1.165) is 5.56 Å². The molecule has 0 saturated carbocycles. The number of β-amino-alcohol motifs (C(OH)–C–C–N with tert-alkyl or cyclic N) is 1. The molecule has 118 valence electrons. The normalized spacial score (nSPS) is 22.2. The van der Waals surface area contributed by atoms with Crippen LogP contribution in [0.1, 0.15) is 11.1 Å². The first-order chi connectivity index (χ1) is 10.5. The average Bonchev–Trinajstić information content (AvgIpc) is 3.01. The molecule has 1 aliphatic heterocycles. The van der Waals surface area contributed by atoms with Gasteiger partial charge in [0.05, 0.1) is 12.4 Å². The topological polar surface area (TPSA) is 50.5 Å². The smallest absolute Gasteiger partial charge is 0.157 e. The molecule has 1 aliphatic rings. The molecule has 6 heteroatoms. The summed E-state index contributed by atoms with van der Waals surface area (Å²) in [6.07, 6.45) is 2.60. The summed E-state index contributed by atoms with van der Waals surface area (Å²) < 4.78 is 20.7. The Balaban J connectivity index is 1.61. The average molecular weight is 305 g/mol. The molecule has 0 radical (unpaired) electrons. The number of ether oxygens (including phenoxy) is 1. The van der Waals surface area contributed by atoms with Crippen LogP contribution in [0.5, 0.6) is 5.75 Å². The van der Waals surface area contributed by atoms with Crippen LogP contribution in [0, 0.1) is 12.7 Å². The van der Waals surface area contributed by atoms with Gasteiger partial charge in [-0.2, -0.15) is 5.10 Å². The van der Waals surface area contributed by atoms with E-state index in [4.69, 9.17) is 4.74 Å². The fourth-order valence-electron chi connectivity index (χ4n) is 2.78. The van der Waals surface area contributed by atoms with E-state index in [1.807, 2.05) is 13.1 Å². The van der Waals surface area contributed by atoms with Crippen LogP contribution in [0.2, 0.25) is 0 Å². The van der Waals surface area contributed by atoms with Crippen molar-refractivity contribution in [3.8, 4) is 5.75 Å². The zero-order chi connectivity index (χ0) is 15.7. The number of nitrogens with zero attached hydrogens (tertiary/aromatic N) is 3. The third-order valence-electron chi connectivity index (χ3n) is 3.91. The summed E-state index contributed by atoms with van der Waals surface area (Å²) >= 11 is 0. The SMILES string of the molecule is Cc1cc(CN2C[C@@H](O)[C@H](Oc3cnn(C)c3)C2)ccc1F. The van der Waals surface area contributed by atoms with Gasteiger partial charge in [0.15, 0.2) is 5.75 Å². The highest BCUT2D eigenvalue weighted by Crippen LogP contribution is 2.20. The lowest BCUT2D eigenvalue weighted by atomic mass is 10.1. The van der Waals surface area contributed by atoms with Crippen molar-refractivity contribution < 1.29 is 14.2 Å². The molecule has 0 aliphatic carbocycles. The van der Waals surface area contributed by atoms with Crippen molar-refractivity contribution in [2.45, 2.75) is 25.7 Å². The van der Waals surface area contributed by atoms with Gasteiger partial charge in [0.25, 0.3) is 0 Å². The van der Waals surface area contributed by atoms with Crippen molar-refractivity contribution in [3.05, 3.63) is 47.5 Å². The Morgan fingerprint density at radius 2 is 2.23 bits per heavy atom. The molecule has 0 amide bonds. The summed E-state index contributed by atoms with van der Waals surface area (Å²) in [4.78, 5) is 2.11. The highest BCUT2D eigenvalue weighted by molar-refractivity contribution is 5.24. The van der Waals surface area contributed by atoms with E-state index in [2.05, 4.69) is 10.00 Å². The Morgan fingerprint density at radius 3 is 2.91 bits per heavy atom. The number of rotatable bonds is 4. The van der Waals surface area contributed by atoms with Gasteiger partial charge in [0, 0.05) is 26.7 Å². The van der Waals surface area contributed by atoms with Crippen molar-refractivity contribution in [2.75, 3.05) is 13.1 Å². The zero-order valence-corrected chi connectivity index (χ0v) is 12.7. The van der Waals surface area contributed by atoms with E-state index >= 15 is 0 Å². The van der Waals surface area contributed by atoms with E-state index in [0.29, 0.717) is 30.9 Å². The second-order valence-electron chi connectivity index (χ2n) is 5.85. The Kier molecular flexibility index (Phi) is 4.13. The Morgan fingerprint density at radius 1 is 1.41 bits per heavy atom. The number of aromatic nitrogens is 2. The molecule has 1 N–H and O–H groups in total. The predicted molar refractivity (Wildman–Crippen MR) is 80.0 cm³/mol. The summed E-state index contributed by atoms with van der Waals surface area (Å²) in [6.45, 7) is 3.60. The van der Waals surface area contributed by atoms with E-state index in [-0.39, 0.29) is 11.9 Å². The maximum atomic E-state index is 13.3. The minimum absolute atomic E-state index is 0.192. The van der Waals surface area contributed by atoms with Crippen LogP contribution in [0.4, 0.5) is 4.39 Å². The number of benzene rings is 1. The quantitative estimate of drug-likeness (QED) is 0.930. The Bertz CT molecular complexity index is 659. The van der Waals surface area contributed by atoms with Crippen LogP contribution in [0.25, 0.3) is 0 Å². The number of hydrogen-bond donors (Lipinski definition) is 1. The molecule has 3 rings (SSSR count). The van der Waals surface area contributed by atoms with E-state index < -0.39 is 6.10 Å². The summed E-state index contributed by atoms with van der Waals surface area (Å²) in [6, 6.07) is 5.11. The van der Waals surface area contributed by atoms with Crippen molar-refractivity contribution in [3.63, 3.8) is 0 Å². The molecular weight excluding hydrogens is 285 g/mol. The van der Waals surface area contributed by atoms with Gasteiger partial charge < -0.3 is 9.84 Å². The number of hydrogen-bond acceptors (Lipinski definition) is 4. The lowest BCUT2D eigenvalue weighted by molar-refractivity contribution is 0.0736. The number of aryl methyl sites for hydroxylation is 2. The molecule has 1 saturated heterocycles. The van der Waals surface area contributed by atoms with E-state index in [1.165, 1.54) is 6.07 Å². The van der Waals surface area contributed by atoms with Gasteiger partial charge in [-0.05, 0) is 24.1 Å². The summed E-state index contributed by atoms with van der Waals surface area (Å²) in [5.74, 6) is 0.467. The van der Waals surface area contributed by atoms with Crippen molar-refractivity contribution in [1.82, 2.24) is 14.7 Å². The van der Waals surface area contributed by atoms with Crippen molar-refractivity contribution in [1.29, 1.82) is 0 Å². The first kappa shape index (κ1) is 15.0. The molecule has 1 aromatic carbocycles. The second-order valence-corrected chi connectivity index (χ2v) is 5.85. The highest BCUT2D eigenvalue weighted by atomic mass is 19.1. The Labute approximate surface area is 128 Å². The minimum Gasteiger partial charge on any atom is -0.483 e. The van der Waals surface area contributed by atoms with Gasteiger partial charge in [-0.15, -0.1) is 0 Å². The second kappa shape index (κ2) is 6.06. The Hall–Kier alpha value is -1.92. The van der Waals surface area contributed by atoms with Crippen LogP contribution in [-0.4, -0.2) is 45.1 Å². The molecule has 0 spiro atoms. The zero-order valence-electron chi connectivity index (χ0n) is 12.7. The summed E-state index contributed by atoms with van der Waals surface area (Å²) in [5.41, 5.74) is 1.67. The molecule has 0 unspecified atom stereocenters. The maximum Gasteiger partial charge on any atom is 0.157 e. The lowest BCUT2D eigenvalue weighted by Crippen LogP contribution is -2.29. The van der Waals surface area contributed by atoms with Gasteiger partial charge in [-0.3, -0.25) is 9.58 Å². The number of aliphatic hydroxyl groups excluding tert-OH is 1. The van der Waals surface area contributed by atoms with Crippen LogP contribution in [0.3, 0.4) is 0 Å². The molecule has 2 heterocycles. The highest BCUT2D eigenvalue weighted by Gasteiger charge is 2.33. The van der Waals surface area contributed by atoms with Crippen molar-refractivity contribution >= 4 is 0 Å². The first-order valence-corrected chi connectivity index (χ1v) is 7.32. The lowest BCUT2D eigenvalue weighted by Gasteiger charge is -2.16. The maximum absolute atomic E-state index is 13.3. The first-order valence-electron chi connectivity index (χ1n) is 7.32. The molecule has 5 nitrogen and oxygen atoms in total. The monoisotopic (exact) mass is 305 g/mol. The molecule has 1 fully saturated rings. The van der Waals surface area contributed by atoms with Gasteiger partial charge >= 0.3 is 0 Å². The van der Waals surface area contributed by atoms with E-state index in [9.17, 15) is 9.50 Å². The predicted octanol–water partition coefficient (Wildman–Crippen LogP) is 1.49. The summed E-state index contributed by atoms with van der Waals surface area (Å²) in [5, 5.41) is 14.2. The van der Waals surface area contributed by atoms with Crippen LogP contribution >= 0.6 is 0 Å². The van der Waals surface area contributed by atoms with Gasteiger partial charge in [-0.25, -0.2) is 4.39 Å². The van der Waals surface area contributed by atoms with Gasteiger partial charge in [0.2, 0.25) is 0 Å². The number of aliphatic hydroxyl groups is 1. The molecule has 2 atom stereocenters. The standard InChI is InChI=1S/C16H20FN3O2/c1-11-5-12(3-4-14(11)17)7-20-9-15(21)16(10-20)22-13-6-18-19(2)8-13/h3-6,8,15-16,21H,7,9-10H2,1-2H3/t15-,16-/m1/s1. The van der Waals surface area contributed by atoms with Gasteiger partial charge in [0.1, 0.15) is 18.0 Å². The molecule has 2 aromatic rings. The molecule has 22 heavy (non-hydrogen) atoms. The number of halogens is 1. The van der Waals surface area contributed by atoms with Crippen LogP contribution in [-0.2, 0) is 13.6 Å². The third-order valence-corrected chi connectivity index (χ3v) is 3.91. The minimum atomic E-state index is -0.540. The number of likely N-dealkylation sites (tertiary alicyclic amines) is 1. The largest absolute Gasteiger partial charge is 0.483 e. The van der Waals surface area contributed by atoms with Crippen molar-refractivity contribution in [2.24, 2.45) is 7.05 Å². The third kappa shape index (κ3) is 3.28. The molecule has 1 aromatic heterocycles. The molecular formula is C16H20FN3O2. The molecule has 0 bridgehead atoms. The fraction of sp³-hybridized carbons (Fsp3) is 0.438.